The van der Waals surface area contributed by atoms with E-state index in [1.165, 1.54) is 29.2 Å². The van der Waals surface area contributed by atoms with Gasteiger partial charge in [-0.3, -0.25) is 14.4 Å². The second kappa shape index (κ2) is 9.03. The molecule has 8 nitrogen and oxygen atoms in total. The molecule has 2 N–H and O–H groups in total. The standard InChI is InChI=1S/C22H22FN3O5/c23-15-1-4-17(5-2-15)26-13-14(11-21(26)28)22(29)24-8-7-20(27)25-16-3-6-18-19(12-16)31-10-9-30-18/h1-6,12,14H,7-11,13H2,(H,24,29)(H,25,27)/t14-/m0/s1. The molecule has 2 heterocycles. The average Bonchev–Trinajstić information content (AvgIpc) is 3.16. The van der Waals surface area contributed by atoms with Crippen molar-refractivity contribution in [1.82, 2.24) is 5.32 Å². The van der Waals surface area contributed by atoms with Crippen LogP contribution in [-0.2, 0) is 14.4 Å². The molecule has 2 aliphatic heterocycles. The molecule has 0 spiro atoms. The molecule has 9 heteroatoms. The lowest BCUT2D eigenvalue weighted by atomic mass is 10.1. The van der Waals surface area contributed by atoms with E-state index in [9.17, 15) is 18.8 Å². The van der Waals surface area contributed by atoms with Crippen LogP contribution in [-0.4, -0.2) is 44.0 Å². The quantitative estimate of drug-likeness (QED) is 0.736. The predicted molar refractivity (Wildman–Crippen MR) is 111 cm³/mol. The third-order valence-electron chi connectivity index (χ3n) is 5.11. The number of carbonyl (C=O) groups excluding carboxylic acids is 3. The number of carbonyl (C=O) groups is 3. The van der Waals surface area contributed by atoms with Gasteiger partial charge in [0.2, 0.25) is 17.7 Å². The minimum atomic E-state index is -0.515. The minimum absolute atomic E-state index is 0.0760. The maximum Gasteiger partial charge on any atom is 0.227 e. The van der Waals surface area contributed by atoms with E-state index in [2.05, 4.69) is 10.6 Å². The number of rotatable bonds is 6. The summed E-state index contributed by atoms with van der Waals surface area (Å²) in [4.78, 5) is 38.3. The lowest BCUT2D eigenvalue weighted by molar-refractivity contribution is -0.126. The molecule has 0 aliphatic carbocycles. The number of amides is 3. The summed E-state index contributed by atoms with van der Waals surface area (Å²) in [5, 5.41) is 5.47. The first-order valence-corrected chi connectivity index (χ1v) is 10.0. The van der Waals surface area contributed by atoms with Crippen molar-refractivity contribution >= 4 is 29.1 Å². The van der Waals surface area contributed by atoms with Crippen LogP contribution in [0.2, 0.25) is 0 Å². The Labute approximate surface area is 178 Å². The van der Waals surface area contributed by atoms with E-state index >= 15 is 0 Å². The first-order valence-electron chi connectivity index (χ1n) is 10.0. The third-order valence-corrected chi connectivity index (χ3v) is 5.11. The van der Waals surface area contributed by atoms with Gasteiger partial charge in [0, 0.05) is 43.4 Å². The summed E-state index contributed by atoms with van der Waals surface area (Å²) < 4.78 is 24.0. The fraction of sp³-hybridized carbons (Fsp3) is 0.318. The molecule has 1 fully saturated rings. The van der Waals surface area contributed by atoms with E-state index in [-0.39, 0.29) is 49.5 Å². The van der Waals surface area contributed by atoms with Crippen LogP contribution in [0.5, 0.6) is 11.5 Å². The fourth-order valence-electron chi connectivity index (χ4n) is 3.54. The molecule has 1 saturated heterocycles. The lowest BCUT2D eigenvalue weighted by Gasteiger charge is -2.19. The molecule has 0 aromatic heterocycles. The monoisotopic (exact) mass is 427 g/mol. The van der Waals surface area contributed by atoms with Crippen LogP contribution in [0.1, 0.15) is 12.8 Å². The van der Waals surface area contributed by atoms with E-state index in [0.717, 1.165) is 0 Å². The molecule has 31 heavy (non-hydrogen) atoms. The number of benzene rings is 2. The molecule has 0 bridgehead atoms. The van der Waals surface area contributed by atoms with Crippen molar-refractivity contribution in [2.75, 3.05) is 36.5 Å². The number of nitrogens with one attached hydrogen (secondary N) is 2. The van der Waals surface area contributed by atoms with Crippen LogP contribution >= 0.6 is 0 Å². The Morgan fingerprint density at radius 1 is 1.06 bits per heavy atom. The average molecular weight is 427 g/mol. The Kier molecular flexibility index (Phi) is 6.01. The molecule has 2 aromatic carbocycles. The molecule has 2 aliphatic rings. The van der Waals surface area contributed by atoms with Crippen molar-refractivity contribution in [2.45, 2.75) is 12.8 Å². The number of nitrogens with zero attached hydrogens (tertiary/aromatic N) is 1. The van der Waals surface area contributed by atoms with Gasteiger partial charge in [-0.2, -0.15) is 0 Å². The number of halogens is 1. The highest BCUT2D eigenvalue weighted by molar-refractivity contribution is 6.00. The van der Waals surface area contributed by atoms with Crippen molar-refractivity contribution < 1.29 is 28.2 Å². The summed E-state index contributed by atoms with van der Waals surface area (Å²) in [6.45, 7) is 1.32. The highest BCUT2D eigenvalue weighted by Gasteiger charge is 2.35. The molecular weight excluding hydrogens is 405 g/mol. The van der Waals surface area contributed by atoms with Crippen LogP contribution in [0.4, 0.5) is 15.8 Å². The van der Waals surface area contributed by atoms with E-state index < -0.39 is 5.92 Å². The summed E-state index contributed by atoms with van der Waals surface area (Å²) in [5.41, 5.74) is 1.14. The largest absolute Gasteiger partial charge is 0.486 e. The van der Waals surface area contributed by atoms with Gasteiger partial charge < -0.3 is 25.0 Å². The van der Waals surface area contributed by atoms with Crippen molar-refractivity contribution in [3.8, 4) is 11.5 Å². The van der Waals surface area contributed by atoms with Crippen LogP contribution < -0.4 is 25.0 Å². The fourth-order valence-corrected chi connectivity index (χ4v) is 3.54. The summed E-state index contributed by atoms with van der Waals surface area (Å²) in [7, 11) is 0. The van der Waals surface area contributed by atoms with Crippen molar-refractivity contribution in [1.29, 1.82) is 0 Å². The second-order valence-corrected chi connectivity index (χ2v) is 7.33. The predicted octanol–water partition coefficient (Wildman–Crippen LogP) is 2.09. The third kappa shape index (κ3) is 4.93. The van der Waals surface area contributed by atoms with Gasteiger partial charge in [-0.25, -0.2) is 4.39 Å². The molecule has 1 atom stereocenters. The van der Waals surface area contributed by atoms with Gasteiger partial charge in [0.15, 0.2) is 11.5 Å². The smallest absolute Gasteiger partial charge is 0.227 e. The highest BCUT2D eigenvalue weighted by Crippen LogP contribution is 2.32. The summed E-state index contributed by atoms with van der Waals surface area (Å²) in [6.07, 6.45) is 0.162. The van der Waals surface area contributed by atoms with E-state index in [1.807, 2.05) is 0 Å². The van der Waals surface area contributed by atoms with Gasteiger partial charge in [0.1, 0.15) is 19.0 Å². The van der Waals surface area contributed by atoms with Gasteiger partial charge in [0.05, 0.1) is 5.92 Å². The molecule has 2 aromatic rings. The Morgan fingerprint density at radius 3 is 2.58 bits per heavy atom. The maximum atomic E-state index is 13.1. The van der Waals surface area contributed by atoms with Crippen molar-refractivity contribution in [3.63, 3.8) is 0 Å². The molecule has 0 radical (unpaired) electrons. The SMILES string of the molecule is O=C(CCNC(=O)[C@H]1CC(=O)N(c2ccc(F)cc2)C1)Nc1ccc2c(c1)OCCO2. The van der Waals surface area contributed by atoms with Gasteiger partial charge in [0.25, 0.3) is 0 Å². The van der Waals surface area contributed by atoms with Gasteiger partial charge in [-0.15, -0.1) is 0 Å². The topological polar surface area (TPSA) is 97.0 Å². The molecular formula is C22H22FN3O5. The van der Waals surface area contributed by atoms with Crippen molar-refractivity contribution in [2.24, 2.45) is 5.92 Å². The Balaban J connectivity index is 1.23. The maximum absolute atomic E-state index is 13.1. The number of fused-ring (bicyclic) bond motifs is 1. The van der Waals surface area contributed by atoms with Crippen LogP contribution in [0.3, 0.4) is 0 Å². The molecule has 0 saturated carbocycles. The zero-order valence-electron chi connectivity index (χ0n) is 16.7. The zero-order chi connectivity index (χ0) is 21.8. The molecule has 0 unspecified atom stereocenters. The first kappa shape index (κ1) is 20.6. The minimum Gasteiger partial charge on any atom is -0.486 e. The molecule has 3 amide bonds. The normalized spacial score (nSPS) is 17.4. The Bertz CT molecular complexity index is 995. The number of hydrogen-bond donors (Lipinski definition) is 2. The Hall–Kier alpha value is -3.62. The second-order valence-electron chi connectivity index (χ2n) is 7.33. The van der Waals surface area contributed by atoms with Crippen molar-refractivity contribution in [3.05, 3.63) is 48.3 Å². The molecule has 162 valence electrons. The summed E-state index contributed by atoms with van der Waals surface area (Å²) >= 11 is 0. The summed E-state index contributed by atoms with van der Waals surface area (Å²) in [5.74, 6) is -0.426. The van der Waals surface area contributed by atoms with Crippen LogP contribution in [0.15, 0.2) is 42.5 Å². The zero-order valence-corrected chi connectivity index (χ0v) is 16.7. The van der Waals surface area contributed by atoms with Crippen LogP contribution in [0.25, 0.3) is 0 Å². The van der Waals surface area contributed by atoms with E-state index in [0.29, 0.717) is 36.1 Å². The summed E-state index contributed by atoms with van der Waals surface area (Å²) in [6, 6.07) is 10.7. The number of hydrogen-bond acceptors (Lipinski definition) is 5. The number of ether oxygens (including phenoxy) is 2. The van der Waals surface area contributed by atoms with E-state index in [4.69, 9.17) is 9.47 Å². The highest BCUT2D eigenvalue weighted by atomic mass is 19.1. The van der Waals surface area contributed by atoms with Crippen LogP contribution in [0, 0.1) is 11.7 Å². The number of anilines is 2. The molecule has 4 rings (SSSR count). The van der Waals surface area contributed by atoms with E-state index in [1.54, 1.807) is 18.2 Å². The van der Waals surface area contributed by atoms with Gasteiger partial charge in [-0.1, -0.05) is 0 Å². The first-order chi connectivity index (χ1) is 15.0. The Morgan fingerprint density at radius 2 is 1.81 bits per heavy atom. The van der Waals surface area contributed by atoms with Gasteiger partial charge >= 0.3 is 0 Å². The van der Waals surface area contributed by atoms with Gasteiger partial charge in [-0.05, 0) is 36.4 Å². The lowest BCUT2D eigenvalue weighted by Crippen LogP contribution is -2.34.